The van der Waals surface area contributed by atoms with Gasteiger partial charge in [-0.2, -0.15) is 0 Å². The van der Waals surface area contributed by atoms with Crippen LogP contribution in [0, 0.1) is 11.9 Å². The van der Waals surface area contributed by atoms with Crippen LogP contribution < -0.4 is 0 Å². The SMILES string of the molecule is Fc1[c]c2ccocc-2c1. The predicted octanol–water partition coefficient (Wildman–Crippen LogP) is 2.32. The lowest BCUT2D eigenvalue weighted by Gasteiger charge is -1.90. The van der Waals surface area contributed by atoms with Gasteiger partial charge in [0, 0.05) is 11.6 Å². The van der Waals surface area contributed by atoms with Crippen LogP contribution in [-0.4, -0.2) is 0 Å². The van der Waals surface area contributed by atoms with E-state index in [9.17, 15) is 4.39 Å². The maximum atomic E-state index is 12.4. The van der Waals surface area contributed by atoms with Gasteiger partial charge in [-0.25, -0.2) is 4.39 Å². The van der Waals surface area contributed by atoms with Gasteiger partial charge in [0.2, 0.25) is 0 Å². The number of hydrogen-bond donors (Lipinski definition) is 0. The van der Waals surface area contributed by atoms with Crippen LogP contribution >= 0.6 is 0 Å². The predicted molar refractivity (Wildman–Crippen MR) is 34.1 cm³/mol. The Bertz CT molecular complexity index is 283. The Balaban J connectivity index is 2.76. The Morgan fingerprint density at radius 2 is 2.40 bits per heavy atom. The summed E-state index contributed by atoms with van der Waals surface area (Å²) in [6.07, 6.45) is 2.99. The third-order valence-electron chi connectivity index (χ3n) is 1.36. The first-order valence-corrected chi connectivity index (χ1v) is 2.90. The molecule has 0 unspecified atom stereocenters. The van der Waals surface area contributed by atoms with E-state index in [0.29, 0.717) is 0 Å². The first kappa shape index (κ1) is 5.47. The van der Waals surface area contributed by atoms with Crippen molar-refractivity contribution in [3.8, 4) is 11.1 Å². The maximum Gasteiger partial charge on any atom is 0.132 e. The van der Waals surface area contributed by atoms with E-state index in [2.05, 4.69) is 6.07 Å². The molecule has 0 N–H and O–H groups in total. The number of hydrogen-bond acceptors (Lipinski definition) is 1. The molecule has 0 atom stereocenters. The molecule has 1 nitrogen and oxygen atoms in total. The van der Waals surface area contributed by atoms with E-state index < -0.39 is 0 Å². The lowest BCUT2D eigenvalue weighted by atomic mass is 10.2. The smallest absolute Gasteiger partial charge is 0.132 e. The maximum absolute atomic E-state index is 12.4. The van der Waals surface area contributed by atoms with Gasteiger partial charge in [-0.15, -0.1) is 0 Å². The topological polar surface area (TPSA) is 13.1 Å². The van der Waals surface area contributed by atoms with Gasteiger partial charge in [-0.1, -0.05) is 0 Å². The average Bonchev–Trinajstić information content (AvgIpc) is 2.27. The Morgan fingerprint density at radius 1 is 1.50 bits per heavy atom. The van der Waals surface area contributed by atoms with Crippen LogP contribution in [-0.2, 0) is 0 Å². The quantitative estimate of drug-likeness (QED) is 0.540. The van der Waals surface area contributed by atoms with Crippen molar-refractivity contribution >= 4 is 0 Å². The molecule has 10 heavy (non-hydrogen) atoms. The largest absolute Gasteiger partial charge is 0.472 e. The van der Waals surface area contributed by atoms with Gasteiger partial charge in [0.25, 0.3) is 0 Å². The van der Waals surface area contributed by atoms with Crippen LogP contribution in [0.3, 0.4) is 0 Å². The Labute approximate surface area is 57.4 Å². The van der Waals surface area contributed by atoms with Gasteiger partial charge in [-0.05, 0) is 17.7 Å². The van der Waals surface area contributed by atoms with Gasteiger partial charge in [0.15, 0.2) is 0 Å². The van der Waals surface area contributed by atoms with E-state index in [1.165, 1.54) is 18.6 Å². The molecule has 0 bridgehead atoms. The van der Waals surface area contributed by atoms with Crippen molar-refractivity contribution in [2.45, 2.75) is 0 Å². The summed E-state index contributed by atoms with van der Waals surface area (Å²) in [6.45, 7) is 0. The second-order valence-electron chi connectivity index (χ2n) is 2.04. The standard InChI is InChI=1S/C8H4FO/c9-8-3-6-1-2-10-5-7(6)4-8/h1-2,4-5H. The molecule has 0 saturated heterocycles. The summed E-state index contributed by atoms with van der Waals surface area (Å²) in [6, 6.07) is 5.60. The molecule has 0 fully saturated rings. The van der Waals surface area contributed by atoms with Gasteiger partial charge in [0.05, 0.1) is 12.5 Å². The van der Waals surface area contributed by atoms with Gasteiger partial charge < -0.3 is 4.42 Å². The van der Waals surface area contributed by atoms with Crippen LogP contribution in [0.5, 0.6) is 0 Å². The Kier molecular flexibility index (Phi) is 1.01. The van der Waals surface area contributed by atoms with Crippen LogP contribution in [0.2, 0.25) is 0 Å². The monoisotopic (exact) mass is 135 g/mol. The molecule has 49 valence electrons. The van der Waals surface area contributed by atoms with Crippen LogP contribution in [0.4, 0.5) is 4.39 Å². The molecule has 2 aliphatic rings. The molecule has 1 aliphatic carbocycles. The molecule has 0 aromatic heterocycles. The number of halogens is 1. The van der Waals surface area contributed by atoms with Crippen molar-refractivity contribution in [1.82, 2.24) is 0 Å². The minimum absolute atomic E-state index is 0.337. The zero-order valence-electron chi connectivity index (χ0n) is 5.10. The highest BCUT2D eigenvalue weighted by Gasteiger charge is 2.05. The van der Waals surface area contributed by atoms with E-state index in [4.69, 9.17) is 4.42 Å². The molecular weight excluding hydrogens is 131 g/mol. The van der Waals surface area contributed by atoms with Crippen molar-refractivity contribution in [1.29, 1.82) is 0 Å². The molecule has 2 rings (SSSR count). The number of rotatable bonds is 0. The molecule has 1 aliphatic heterocycles. The Morgan fingerprint density at radius 3 is 3.20 bits per heavy atom. The fraction of sp³-hybridized carbons (Fsp3) is 0. The van der Waals surface area contributed by atoms with Gasteiger partial charge in [-0.3, -0.25) is 0 Å². The van der Waals surface area contributed by atoms with E-state index >= 15 is 0 Å². The van der Waals surface area contributed by atoms with Crippen LogP contribution in [0.25, 0.3) is 11.1 Å². The van der Waals surface area contributed by atoms with Gasteiger partial charge in [0.1, 0.15) is 5.82 Å². The molecular formula is C8H4FO. The fourth-order valence-corrected chi connectivity index (χ4v) is 0.906. The van der Waals surface area contributed by atoms with Crippen molar-refractivity contribution in [2.24, 2.45) is 0 Å². The third kappa shape index (κ3) is 0.692. The second-order valence-corrected chi connectivity index (χ2v) is 2.04. The zero-order valence-corrected chi connectivity index (χ0v) is 5.10. The number of fused-ring (bicyclic) bond motifs is 1. The van der Waals surface area contributed by atoms with E-state index in [0.717, 1.165) is 11.1 Å². The summed E-state index contributed by atoms with van der Waals surface area (Å²) >= 11 is 0. The fourth-order valence-electron chi connectivity index (χ4n) is 0.906. The summed E-state index contributed by atoms with van der Waals surface area (Å²) < 4.78 is 17.2. The molecule has 0 saturated carbocycles. The molecule has 1 radical (unpaired) electrons. The molecule has 0 spiro atoms. The zero-order chi connectivity index (χ0) is 6.97. The normalized spacial score (nSPS) is 10.5. The lowest BCUT2D eigenvalue weighted by Crippen LogP contribution is -1.67. The first-order chi connectivity index (χ1) is 4.86. The molecule has 2 heteroatoms. The molecule has 0 aromatic carbocycles. The minimum atomic E-state index is -0.337. The highest BCUT2D eigenvalue weighted by Crippen LogP contribution is 2.23. The van der Waals surface area contributed by atoms with Crippen molar-refractivity contribution < 1.29 is 8.81 Å². The minimum Gasteiger partial charge on any atom is -0.472 e. The van der Waals surface area contributed by atoms with Crippen molar-refractivity contribution in [2.75, 3.05) is 0 Å². The van der Waals surface area contributed by atoms with Crippen LogP contribution in [0.15, 0.2) is 29.1 Å². The lowest BCUT2D eigenvalue weighted by molar-refractivity contribution is 0.552. The summed E-state index contributed by atoms with van der Waals surface area (Å²) in [5.41, 5.74) is 1.50. The summed E-state index contributed by atoms with van der Waals surface area (Å²) in [5.74, 6) is -0.337. The summed E-state index contributed by atoms with van der Waals surface area (Å²) in [4.78, 5) is 0. The molecule has 0 aromatic rings. The van der Waals surface area contributed by atoms with Crippen molar-refractivity contribution in [3.63, 3.8) is 0 Å². The van der Waals surface area contributed by atoms with Crippen LogP contribution in [0.1, 0.15) is 0 Å². The highest BCUT2D eigenvalue weighted by molar-refractivity contribution is 5.63. The molecule has 1 heterocycles. The molecule has 0 amide bonds. The Hall–Kier alpha value is -1.31. The van der Waals surface area contributed by atoms with E-state index in [1.54, 1.807) is 6.07 Å². The van der Waals surface area contributed by atoms with Crippen molar-refractivity contribution in [3.05, 3.63) is 36.5 Å². The van der Waals surface area contributed by atoms with Gasteiger partial charge >= 0.3 is 0 Å². The average molecular weight is 135 g/mol. The second kappa shape index (κ2) is 1.84. The summed E-state index contributed by atoms with van der Waals surface area (Å²) in [7, 11) is 0. The van der Waals surface area contributed by atoms with E-state index in [-0.39, 0.29) is 5.82 Å². The summed E-state index contributed by atoms with van der Waals surface area (Å²) in [5, 5.41) is 0. The highest BCUT2D eigenvalue weighted by atomic mass is 19.1. The third-order valence-corrected chi connectivity index (χ3v) is 1.36. The van der Waals surface area contributed by atoms with E-state index in [1.807, 2.05) is 0 Å². The first-order valence-electron chi connectivity index (χ1n) is 2.90.